The van der Waals surface area contributed by atoms with Crippen molar-refractivity contribution in [2.24, 2.45) is 7.05 Å². The van der Waals surface area contributed by atoms with Gasteiger partial charge in [0, 0.05) is 6.92 Å². The highest BCUT2D eigenvalue weighted by molar-refractivity contribution is 5.62. The van der Waals surface area contributed by atoms with Crippen molar-refractivity contribution >= 4 is 0 Å². The Balaban J connectivity index is 2.72. The summed E-state index contributed by atoms with van der Waals surface area (Å²) >= 11 is 0. The van der Waals surface area contributed by atoms with Gasteiger partial charge in [0.1, 0.15) is 18.6 Å². The molecule has 1 aromatic carbocycles. The lowest BCUT2D eigenvalue weighted by Crippen LogP contribution is -2.36. The molecule has 2 rings (SSSR count). The van der Waals surface area contributed by atoms with Crippen LogP contribution in [-0.2, 0) is 7.05 Å². The summed E-state index contributed by atoms with van der Waals surface area (Å²) in [6.45, 7) is 5.90. The molecule has 0 spiro atoms. The molecule has 0 aliphatic heterocycles. The molecule has 1 heterocycles. The van der Waals surface area contributed by atoms with Gasteiger partial charge in [0.05, 0.1) is 11.8 Å². The largest absolute Gasteiger partial charge is 0.248 e. The standard InChI is InChI=1S/C14H16FN2/c1-9-7-12(15)5-6-13(9)14-11(3)16-8-10(2)17(14)4/h5-8H,1-4H3/q+1. The third-order valence-corrected chi connectivity index (χ3v) is 3.10. The first-order valence-electron chi connectivity index (χ1n) is 5.59. The van der Waals surface area contributed by atoms with Crippen LogP contribution >= 0.6 is 0 Å². The van der Waals surface area contributed by atoms with E-state index in [1.807, 2.05) is 40.1 Å². The summed E-state index contributed by atoms with van der Waals surface area (Å²) in [7, 11) is 2.00. The Hall–Kier alpha value is -1.77. The quantitative estimate of drug-likeness (QED) is 0.689. The van der Waals surface area contributed by atoms with Crippen molar-refractivity contribution in [1.29, 1.82) is 0 Å². The van der Waals surface area contributed by atoms with Gasteiger partial charge in [-0.25, -0.2) is 9.37 Å². The van der Waals surface area contributed by atoms with Gasteiger partial charge in [0.2, 0.25) is 5.69 Å². The number of nitrogens with zero attached hydrogens (tertiary/aromatic N) is 2. The second kappa shape index (κ2) is 4.24. The van der Waals surface area contributed by atoms with Crippen LogP contribution in [0.3, 0.4) is 0 Å². The summed E-state index contributed by atoms with van der Waals surface area (Å²) in [6, 6.07) is 4.86. The average Bonchev–Trinajstić information content (AvgIpc) is 2.27. The van der Waals surface area contributed by atoms with Crippen LogP contribution in [0, 0.1) is 26.6 Å². The lowest BCUT2D eigenvalue weighted by molar-refractivity contribution is -0.667. The summed E-state index contributed by atoms with van der Waals surface area (Å²) in [5.74, 6) is -0.202. The summed E-state index contributed by atoms with van der Waals surface area (Å²) in [4.78, 5) is 4.36. The third kappa shape index (κ3) is 2.05. The van der Waals surface area contributed by atoms with Crippen molar-refractivity contribution in [3.63, 3.8) is 0 Å². The zero-order valence-corrected chi connectivity index (χ0v) is 10.6. The highest BCUT2D eigenvalue weighted by Crippen LogP contribution is 2.23. The molecule has 0 amide bonds. The molecular weight excluding hydrogens is 215 g/mol. The summed E-state index contributed by atoms with van der Waals surface area (Å²) in [5.41, 5.74) is 5.03. The number of benzene rings is 1. The van der Waals surface area contributed by atoms with Gasteiger partial charge < -0.3 is 0 Å². The van der Waals surface area contributed by atoms with Crippen molar-refractivity contribution in [3.05, 3.63) is 47.2 Å². The zero-order chi connectivity index (χ0) is 12.6. The van der Waals surface area contributed by atoms with Crippen LogP contribution in [0.25, 0.3) is 11.3 Å². The molecule has 3 heteroatoms. The summed E-state index contributed by atoms with van der Waals surface area (Å²) < 4.78 is 15.2. The molecule has 0 fully saturated rings. The maximum absolute atomic E-state index is 13.1. The molecule has 0 N–H and O–H groups in total. The van der Waals surface area contributed by atoms with E-state index in [9.17, 15) is 4.39 Å². The van der Waals surface area contributed by atoms with Crippen molar-refractivity contribution in [3.8, 4) is 11.3 Å². The topological polar surface area (TPSA) is 16.8 Å². The molecule has 0 bridgehead atoms. The van der Waals surface area contributed by atoms with Crippen molar-refractivity contribution < 1.29 is 8.96 Å². The van der Waals surface area contributed by atoms with E-state index < -0.39 is 0 Å². The Morgan fingerprint density at radius 2 is 1.88 bits per heavy atom. The number of aryl methyl sites for hydroxylation is 3. The van der Waals surface area contributed by atoms with Gasteiger partial charge in [-0.05, 0) is 37.6 Å². The first kappa shape index (κ1) is 11.7. The molecule has 1 aromatic heterocycles. The second-order valence-corrected chi connectivity index (χ2v) is 4.35. The van der Waals surface area contributed by atoms with Crippen LogP contribution in [0.15, 0.2) is 24.4 Å². The SMILES string of the molecule is Cc1cc(F)ccc1-c1c(C)ncc(C)[n+]1C. The zero-order valence-electron chi connectivity index (χ0n) is 10.6. The minimum Gasteiger partial charge on any atom is -0.248 e. The number of rotatable bonds is 1. The molecule has 2 nitrogen and oxygen atoms in total. The van der Waals surface area contributed by atoms with Gasteiger partial charge in [-0.3, -0.25) is 0 Å². The van der Waals surface area contributed by atoms with Crippen molar-refractivity contribution in [1.82, 2.24) is 4.98 Å². The van der Waals surface area contributed by atoms with Crippen LogP contribution in [-0.4, -0.2) is 4.98 Å². The third-order valence-electron chi connectivity index (χ3n) is 3.10. The van der Waals surface area contributed by atoms with Crippen LogP contribution in [0.2, 0.25) is 0 Å². The molecular formula is C14H16FN2+. The maximum atomic E-state index is 13.1. The highest BCUT2D eigenvalue weighted by Gasteiger charge is 2.18. The molecule has 88 valence electrons. The van der Waals surface area contributed by atoms with Gasteiger partial charge in [0.25, 0.3) is 0 Å². The van der Waals surface area contributed by atoms with Crippen LogP contribution in [0.1, 0.15) is 17.0 Å². The Bertz CT molecular complexity index is 577. The number of aromatic nitrogens is 2. The van der Waals surface area contributed by atoms with Gasteiger partial charge in [-0.1, -0.05) is 0 Å². The van der Waals surface area contributed by atoms with Crippen molar-refractivity contribution in [2.75, 3.05) is 0 Å². The molecule has 0 aliphatic rings. The molecule has 0 saturated heterocycles. The fraction of sp³-hybridized carbons (Fsp3) is 0.286. The van der Waals surface area contributed by atoms with E-state index in [4.69, 9.17) is 0 Å². The molecule has 0 unspecified atom stereocenters. The Morgan fingerprint density at radius 1 is 1.18 bits per heavy atom. The monoisotopic (exact) mass is 231 g/mol. The Kier molecular flexibility index (Phi) is 2.92. The number of halogens is 1. The van der Waals surface area contributed by atoms with Gasteiger partial charge in [-0.15, -0.1) is 0 Å². The molecule has 0 atom stereocenters. The second-order valence-electron chi connectivity index (χ2n) is 4.35. The van der Waals surface area contributed by atoms with E-state index in [1.165, 1.54) is 6.07 Å². The van der Waals surface area contributed by atoms with Crippen LogP contribution < -0.4 is 4.57 Å². The van der Waals surface area contributed by atoms with E-state index in [-0.39, 0.29) is 5.82 Å². The molecule has 2 aromatic rings. The number of hydrogen-bond acceptors (Lipinski definition) is 1. The van der Waals surface area contributed by atoms with Gasteiger partial charge in [-0.2, -0.15) is 4.57 Å². The van der Waals surface area contributed by atoms with Crippen LogP contribution in [0.5, 0.6) is 0 Å². The van der Waals surface area contributed by atoms with E-state index in [1.54, 1.807) is 6.07 Å². The Morgan fingerprint density at radius 3 is 2.53 bits per heavy atom. The normalized spacial score (nSPS) is 10.6. The molecule has 0 aliphatic carbocycles. The lowest BCUT2D eigenvalue weighted by Gasteiger charge is -2.08. The van der Waals surface area contributed by atoms with E-state index in [0.29, 0.717) is 0 Å². The van der Waals surface area contributed by atoms with Crippen molar-refractivity contribution in [2.45, 2.75) is 20.8 Å². The van der Waals surface area contributed by atoms with Gasteiger partial charge in [0.15, 0.2) is 5.69 Å². The smallest absolute Gasteiger partial charge is 0.234 e. The Labute approximate surface area is 101 Å². The summed E-state index contributed by atoms with van der Waals surface area (Å²) in [6.07, 6.45) is 1.84. The minimum absolute atomic E-state index is 0.202. The predicted molar refractivity (Wildman–Crippen MR) is 65.0 cm³/mol. The first-order valence-corrected chi connectivity index (χ1v) is 5.59. The lowest BCUT2D eigenvalue weighted by atomic mass is 10.0. The average molecular weight is 231 g/mol. The molecule has 0 saturated carbocycles. The van der Waals surface area contributed by atoms with E-state index >= 15 is 0 Å². The summed E-state index contributed by atoms with van der Waals surface area (Å²) in [5, 5.41) is 0. The first-order chi connectivity index (χ1) is 8.00. The van der Waals surface area contributed by atoms with E-state index in [2.05, 4.69) is 9.55 Å². The fourth-order valence-corrected chi connectivity index (χ4v) is 2.03. The van der Waals surface area contributed by atoms with Gasteiger partial charge >= 0.3 is 0 Å². The fourth-order valence-electron chi connectivity index (χ4n) is 2.03. The molecule has 17 heavy (non-hydrogen) atoms. The highest BCUT2D eigenvalue weighted by atomic mass is 19.1. The molecule has 0 radical (unpaired) electrons. The van der Waals surface area contributed by atoms with E-state index in [0.717, 1.165) is 28.2 Å². The van der Waals surface area contributed by atoms with Crippen LogP contribution in [0.4, 0.5) is 4.39 Å². The maximum Gasteiger partial charge on any atom is 0.234 e. The minimum atomic E-state index is -0.202. The number of hydrogen-bond donors (Lipinski definition) is 0. The predicted octanol–water partition coefficient (Wildman–Crippen LogP) is 2.64.